The Balaban J connectivity index is -0.000000116. The molecule has 0 saturated carbocycles. The van der Waals surface area contributed by atoms with Gasteiger partial charge in [0.2, 0.25) is 0 Å². The molecule has 0 aliphatic rings. The van der Waals surface area contributed by atoms with E-state index in [0.29, 0.717) is 264 Å². The minimum absolute atomic E-state index is 0. The van der Waals surface area contributed by atoms with E-state index in [2.05, 4.69) is 101 Å². The van der Waals surface area contributed by atoms with Crippen LogP contribution in [-0.4, -0.2) is 361 Å². The van der Waals surface area contributed by atoms with Crippen molar-refractivity contribution in [1.82, 2.24) is 0 Å². The summed E-state index contributed by atoms with van der Waals surface area (Å²) in [5.74, 6) is 5.79. The summed E-state index contributed by atoms with van der Waals surface area (Å²) in [7, 11) is 13.2. The quantitative estimate of drug-likeness (QED) is 0.0179. The molecule has 0 bridgehead atoms. The molecule has 24 nitrogen and oxygen atoms in total. The average molecular weight is 1630 g/mol. The number of hydrogen-bond acceptors (Lipinski definition) is 32. The Morgan fingerprint density at radius 3 is 0.318 bits per heavy atom. The SMILES string of the molecule is COCCOCCOCCS.COCCOCCOCCS.COCCOCCOCCS.COCCOCCOCCS.COCCOCCOCCS.COCCOCCOCCS.COCCOCCOCCS.COCCOCCOCS.[Au]. The third kappa shape index (κ3) is 158. The number of thiol groups is 8. The van der Waals surface area contributed by atoms with Crippen LogP contribution in [-0.2, 0) is 136 Å². The molecule has 549 valence electrons. The molecule has 0 heterocycles. The fourth-order valence-electron chi connectivity index (χ4n) is 4.13. The van der Waals surface area contributed by atoms with Crippen molar-refractivity contribution in [3.63, 3.8) is 0 Å². The fraction of sp³-hybridized carbons (Fsp3) is 1.00. The van der Waals surface area contributed by atoms with Gasteiger partial charge in [0.25, 0.3) is 0 Å². The topological polar surface area (TPSA) is 222 Å². The van der Waals surface area contributed by atoms with Gasteiger partial charge in [-0.05, 0) is 0 Å². The van der Waals surface area contributed by atoms with Crippen LogP contribution < -0.4 is 0 Å². The van der Waals surface area contributed by atoms with E-state index in [1.807, 2.05) is 0 Å². The summed E-state index contributed by atoms with van der Waals surface area (Å²) >= 11 is 31.8. The normalized spacial score (nSPS) is 10.2. The molecular formula is C55H126AuO24S8. The number of rotatable bonds is 63. The van der Waals surface area contributed by atoms with Crippen LogP contribution in [0.5, 0.6) is 0 Å². The smallest absolute Gasteiger partial charge is 0.0893 e. The second-order valence-corrected chi connectivity index (χ2v) is 18.6. The van der Waals surface area contributed by atoms with Gasteiger partial charge < -0.3 is 114 Å². The van der Waals surface area contributed by atoms with Gasteiger partial charge >= 0.3 is 0 Å². The number of methoxy groups -OCH3 is 8. The third-order valence-corrected chi connectivity index (χ3v) is 9.63. The van der Waals surface area contributed by atoms with Crippen LogP contribution in [0.25, 0.3) is 0 Å². The number of hydrogen-bond donors (Lipinski definition) is 8. The molecule has 0 N–H and O–H groups in total. The largest absolute Gasteiger partial charge is 0.382 e. The van der Waals surface area contributed by atoms with E-state index in [0.717, 1.165) is 40.3 Å². The molecule has 0 aliphatic carbocycles. The summed E-state index contributed by atoms with van der Waals surface area (Å²) in [4.78, 5) is 0. The predicted molar refractivity (Wildman–Crippen MR) is 374 cm³/mol. The van der Waals surface area contributed by atoms with Crippen molar-refractivity contribution >= 4 is 101 Å². The molecule has 0 amide bonds. The van der Waals surface area contributed by atoms with Crippen LogP contribution in [0.3, 0.4) is 0 Å². The van der Waals surface area contributed by atoms with E-state index < -0.39 is 0 Å². The van der Waals surface area contributed by atoms with Crippen molar-refractivity contribution in [3.05, 3.63) is 0 Å². The minimum atomic E-state index is 0. The van der Waals surface area contributed by atoms with Crippen molar-refractivity contribution in [3.8, 4) is 0 Å². The van der Waals surface area contributed by atoms with Crippen LogP contribution >= 0.6 is 101 Å². The average Bonchev–Trinajstić information content (AvgIpc) is 3.53. The second kappa shape index (κ2) is 130. The first kappa shape index (κ1) is 109. The maximum atomic E-state index is 5.15. The first-order chi connectivity index (χ1) is 42.8. The monoisotopic (exact) mass is 1620 g/mol. The molecule has 0 fully saturated rings. The van der Waals surface area contributed by atoms with Gasteiger partial charge in [-0.25, -0.2) is 0 Å². The van der Waals surface area contributed by atoms with E-state index in [1.54, 1.807) is 56.9 Å². The summed E-state index contributed by atoms with van der Waals surface area (Å²) < 4.78 is 120. The van der Waals surface area contributed by atoms with Crippen molar-refractivity contribution in [2.24, 2.45) is 0 Å². The number of ether oxygens (including phenoxy) is 24. The fourth-order valence-corrected chi connectivity index (χ4v) is 5.16. The Labute approximate surface area is 593 Å². The third-order valence-electron chi connectivity index (χ3n) is 8.17. The Morgan fingerprint density at radius 1 is 0.136 bits per heavy atom. The van der Waals surface area contributed by atoms with Gasteiger partial charge in [0.15, 0.2) is 0 Å². The maximum absolute atomic E-state index is 5.15. The Bertz CT molecular complexity index is 749. The van der Waals surface area contributed by atoms with E-state index in [9.17, 15) is 0 Å². The zero-order valence-electron chi connectivity index (χ0n) is 54.9. The molecule has 33 heteroatoms. The summed E-state index contributed by atoms with van der Waals surface area (Å²) in [6, 6.07) is 0. The first-order valence-electron chi connectivity index (χ1n) is 28.8. The predicted octanol–water partition coefficient (Wildman–Crippen LogP) is 4.72. The van der Waals surface area contributed by atoms with Gasteiger partial charge in [0.1, 0.15) is 0 Å². The van der Waals surface area contributed by atoms with Crippen molar-refractivity contribution < 1.29 is 136 Å². The molecule has 0 atom stereocenters. The van der Waals surface area contributed by atoms with Crippen LogP contribution in [0.1, 0.15) is 0 Å². The molecule has 88 heavy (non-hydrogen) atoms. The maximum Gasteiger partial charge on any atom is 0.0893 e. The van der Waals surface area contributed by atoms with Gasteiger partial charge in [0, 0.05) is 120 Å². The molecule has 0 saturated heterocycles. The van der Waals surface area contributed by atoms with Gasteiger partial charge in [0.05, 0.1) is 264 Å². The molecule has 0 aromatic heterocycles. The molecular weight excluding hydrogens is 1500 g/mol. The molecule has 0 aromatic carbocycles. The summed E-state index contributed by atoms with van der Waals surface area (Å²) in [6.45, 7) is 25.3. The van der Waals surface area contributed by atoms with Gasteiger partial charge in [-0.1, -0.05) is 0 Å². The van der Waals surface area contributed by atoms with E-state index in [-0.39, 0.29) is 22.4 Å². The summed E-state index contributed by atoms with van der Waals surface area (Å²) in [5, 5.41) is 0. The van der Waals surface area contributed by atoms with Gasteiger partial charge in [-0.2, -0.15) is 101 Å². The Hall–Kier alpha value is 2.58. The summed E-state index contributed by atoms with van der Waals surface area (Å²) in [5.41, 5.74) is 0. The molecule has 0 aromatic rings. The molecule has 0 rings (SSSR count). The second-order valence-electron chi connectivity index (χ2n) is 15.2. The van der Waals surface area contributed by atoms with E-state index >= 15 is 0 Å². The minimum Gasteiger partial charge on any atom is -0.382 e. The first-order valence-corrected chi connectivity index (χ1v) is 33.9. The summed E-state index contributed by atoms with van der Waals surface area (Å²) in [6.07, 6.45) is 0. The Morgan fingerprint density at radius 2 is 0.227 bits per heavy atom. The van der Waals surface area contributed by atoms with E-state index in [4.69, 9.17) is 114 Å². The molecule has 0 unspecified atom stereocenters. The van der Waals surface area contributed by atoms with Crippen molar-refractivity contribution in [2.45, 2.75) is 0 Å². The van der Waals surface area contributed by atoms with Gasteiger partial charge in [-0.15, -0.1) is 0 Å². The van der Waals surface area contributed by atoms with Gasteiger partial charge in [-0.3, -0.25) is 0 Å². The van der Waals surface area contributed by atoms with E-state index in [1.165, 1.54) is 0 Å². The van der Waals surface area contributed by atoms with Crippen LogP contribution in [0.4, 0.5) is 0 Å². The molecule has 0 spiro atoms. The van der Waals surface area contributed by atoms with Crippen LogP contribution in [0.2, 0.25) is 0 Å². The molecule has 1 radical (unpaired) electrons. The van der Waals surface area contributed by atoms with Crippen LogP contribution in [0.15, 0.2) is 0 Å². The molecule has 0 aliphatic heterocycles. The Kier molecular flexibility index (Phi) is 161. The zero-order valence-corrected chi connectivity index (χ0v) is 64.2. The zero-order chi connectivity index (χ0) is 66.2. The standard InChI is InChI=1S/7C7H16O3S.C6H14O3S.Au/c7*1-8-2-3-9-4-5-10-6-7-11;1-7-2-3-8-4-5-9-6-10;/h7*11H,2-7H2,1H3;10H,2-6H2,1H3;. The van der Waals surface area contributed by atoms with Crippen molar-refractivity contribution in [1.29, 1.82) is 0 Å². The van der Waals surface area contributed by atoms with Crippen molar-refractivity contribution in [2.75, 3.05) is 361 Å². The van der Waals surface area contributed by atoms with Crippen LogP contribution in [0, 0.1) is 0 Å².